The number of rotatable bonds is 4. The van der Waals surface area contributed by atoms with Crippen LogP contribution in [0.5, 0.6) is 0 Å². The third-order valence-electron chi connectivity index (χ3n) is 4.85. The van der Waals surface area contributed by atoms with Gasteiger partial charge in [-0.3, -0.25) is 0 Å². The van der Waals surface area contributed by atoms with E-state index in [1.54, 1.807) is 0 Å². The van der Waals surface area contributed by atoms with Crippen LogP contribution < -0.4 is 0 Å². The van der Waals surface area contributed by atoms with E-state index in [0.717, 1.165) is 17.9 Å². The third kappa shape index (κ3) is 3.69. The van der Waals surface area contributed by atoms with E-state index in [2.05, 4.69) is 30.6 Å². The van der Waals surface area contributed by atoms with E-state index in [-0.39, 0.29) is 0 Å². The normalized spacial score (nSPS) is 29.3. The van der Waals surface area contributed by atoms with Gasteiger partial charge in [0.25, 0.3) is 0 Å². The van der Waals surface area contributed by atoms with Crippen molar-refractivity contribution in [2.45, 2.75) is 52.5 Å². The lowest BCUT2D eigenvalue weighted by molar-refractivity contribution is 0.156. The molecular weight excluding hydrogens is 208 g/mol. The Bertz CT molecular complexity index is 219. The first-order valence-electron chi connectivity index (χ1n) is 7.65. The molecule has 1 unspecified atom stereocenters. The van der Waals surface area contributed by atoms with Gasteiger partial charge in [0, 0.05) is 19.1 Å². The first-order valence-corrected chi connectivity index (χ1v) is 7.65. The quantitative estimate of drug-likeness (QED) is 0.743. The van der Waals surface area contributed by atoms with Gasteiger partial charge < -0.3 is 9.80 Å². The molecule has 1 atom stereocenters. The highest BCUT2D eigenvalue weighted by atomic mass is 15.2. The van der Waals surface area contributed by atoms with Crippen LogP contribution in [-0.2, 0) is 0 Å². The first kappa shape index (κ1) is 13.4. The average Bonchev–Trinajstić information content (AvgIpc) is 2.79. The number of hydrogen-bond acceptors (Lipinski definition) is 2. The Kier molecular flexibility index (Phi) is 4.87. The predicted molar refractivity (Wildman–Crippen MR) is 74.3 cm³/mol. The third-order valence-corrected chi connectivity index (χ3v) is 4.85. The summed E-state index contributed by atoms with van der Waals surface area (Å²) in [5.74, 6) is 1.96. The van der Waals surface area contributed by atoms with E-state index in [0.29, 0.717) is 0 Å². The van der Waals surface area contributed by atoms with Gasteiger partial charge in [0.1, 0.15) is 0 Å². The molecule has 2 aliphatic heterocycles. The standard InChI is InChI=1S/C15H30N2/c1-4-14-5-8-16(9-6-14)11-15-7-10-17(12-15)13(2)3/h13-15H,4-12H2,1-3H3. The van der Waals surface area contributed by atoms with Crippen LogP contribution in [0.1, 0.15) is 46.5 Å². The first-order chi connectivity index (χ1) is 8.19. The SMILES string of the molecule is CCC1CCN(CC2CCN(C(C)C)C2)CC1. The van der Waals surface area contributed by atoms with Crippen LogP contribution >= 0.6 is 0 Å². The molecule has 0 amide bonds. The van der Waals surface area contributed by atoms with E-state index >= 15 is 0 Å². The van der Waals surface area contributed by atoms with Crippen molar-refractivity contribution in [3.8, 4) is 0 Å². The predicted octanol–water partition coefficient (Wildman–Crippen LogP) is 2.84. The summed E-state index contributed by atoms with van der Waals surface area (Å²) in [7, 11) is 0. The zero-order valence-electron chi connectivity index (χ0n) is 12.0. The van der Waals surface area contributed by atoms with Gasteiger partial charge in [-0.25, -0.2) is 0 Å². The summed E-state index contributed by atoms with van der Waals surface area (Å²) in [6, 6.07) is 0.742. The van der Waals surface area contributed by atoms with Gasteiger partial charge >= 0.3 is 0 Å². The van der Waals surface area contributed by atoms with Crippen molar-refractivity contribution in [1.82, 2.24) is 9.80 Å². The molecule has 2 fully saturated rings. The summed E-state index contributed by atoms with van der Waals surface area (Å²) in [5.41, 5.74) is 0. The minimum absolute atomic E-state index is 0.742. The lowest BCUT2D eigenvalue weighted by Gasteiger charge is -2.33. The molecule has 2 heteroatoms. The topological polar surface area (TPSA) is 6.48 Å². The second-order valence-corrected chi connectivity index (χ2v) is 6.40. The molecule has 0 N–H and O–H groups in total. The molecule has 0 spiro atoms. The average molecular weight is 238 g/mol. The molecule has 0 bridgehead atoms. The Balaban J connectivity index is 1.69. The van der Waals surface area contributed by atoms with E-state index in [1.165, 1.54) is 58.4 Å². The minimum Gasteiger partial charge on any atom is -0.303 e. The molecule has 0 aliphatic carbocycles. The van der Waals surface area contributed by atoms with Gasteiger partial charge in [-0.05, 0) is 64.6 Å². The molecule has 2 heterocycles. The Morgan fingerprint density at radius 3 is 2.18 bits per heavy atom. The van der Waals surface area contributed by atoms with Gasteiger partial charge in [0.05, 0.1) is 0 Å². The Morgan fingerprint density at radius 2 is 1.65 bits per heavy atom. The highest BCUT2D eigenvalue weighted by Gasteiger charge is 2.27. The molecule has 17 heavy (non-hydrogen) atoms. The maximum absolute atomic E-state index is 2.72. The summed E-state index contributed by atoms with van der Waals surface area (Å²) >= 11 is 0. The summed E-state index contributed by atoms with van der Waals surface area (Å²) in [6.07, 6.45) is 5.69. The molecule has 2 nitrogen and oxygen atoms in total. The Morgan fingerprint density at radius 1 is 1.00 bits per heavy atom. The van der Waals surface area contributed by atoms with Crippen LogP contribution in [0, 0.1) is 11.8 Å². The Hall–Kier alpha value is -0.0800. The van der Waals surface area contributed by atoms with Crippen molar-refractivity contribution in [1.29, 1.82) is 0 Å². The van der Waals surface area contributed by atoms with Crippen LogP contribution in [0.25, 0.3) is 0 Å². The molecule has 0 aromatic carbocycles. The van der Waals surface area contributed by atoms with Crippen molar-refractivity contribution < 1.29 is 0 Å². The smallest absolute Gasteiger partial charge is 0.00387 e. The highest BCUT2D eigenvalue weighted by molar-refractivity contribution is 4.81. The fourth-order valence-electron chi connectivity index (χ4n) is 3.42. The van der Waals surface area contributed by atoms with Crippen molar-refractivity contribution >= 4 is 0 Å². The molecule has 2 aliphatic rings. The number of hydrogen-bond donors (Lipinski definition) is 0. The van der Waals surface area contributed by atoms with Crippen LogP contribution in [0.4, 0.5) is 0 Å². The van der Waals surface area contributed by atoms with Crippen LogP contribution in [0.3, 0.4) is 0 Å². The lowest BCUT2D eigenvalue weighted by Crippen LogP contribution is -2.38. The maximum atomic E-state index is 2.72. The summed E-state index contributed by atoms with van der Waals surface area (Å²) in [5, 5.41) is 0. The zero-order valence-corrected chi connectivity index (χ0v) is 12.0. The largest absolute Gasteiger partial charge is 0.303 e. The van der Waals surface area contributed by atoms with Crippen molar-refractivity contribution in [3.05, 3.63) is 0 Å². The number of nitrogens with zero attached hydrogens (tertiary/aromatic N) is 2. The second kappa shape index (κ2) is 6.19. The van der Waals surface area contributed by atoms with Crippen LogP contribution in [0.15, 0.2) is 0 Å². The number of likely N-dealkylation sites (tertiary alicyclic amines) is 2. The molecule has 0 aromatic heterocycles. The lowest BCUT2D eigenvalue weighted by atomic mass is 9.94. The van der Waals surface area contributed by atoms with Crippen molar-refractivity contribution in [2.24, 2.45) is 11.8 Å². The second-order valence-electron chi connectivity index (χ2n) is 6.40. The summed E-state index contributed by atoms with van der Waals surface area (Å²) in [4.78, 5) is 5.37. The van der Waals surface area contributed by atoms with Gasteiger partial charge in [0.15, 0.2) is 0 Å². The van der Waals surface area contributed by atoms with E-state index in [4.69, 9.17) is 0 Å². The van der Waals surface area contributed by atoms with E-state index in [9.17, 15) is 0 Å². The highest BCUT2D eigenvalue weighted by Crippen LogP contribution is 2.24. The van der Waals surface area contributed by atoms with Crippen molar-refractivity contribution in [2.75, 3.05) is 32.7 Å². The van der Waals surface area contributed by atoms with Gasteiger partial charge in [0.2, 0.25) is 0 Å². The van der Waals surface area contributed by atoms with Gasteiger partial charge in [-0.1, -0.05) is 13.3 Å². The molecule has 0 saturated carbocycles. The molecule has 2 rings (SSSR count). The number of piperidine rings is 1. The molecule has 100 valence electrons. The van der Waals surface area contributed by atoms with Crippen molar-refractivity contribution in [3.63, 3.8) is 0 Å². The van der Waals surface area contributed by atoms with Crippen LogP contribution in [0.2, 0.25) is 0 Å². The zero-order chi connectivity index (χ0) is 12.3. The maximum Gasteiger partial charge on any atom is 0.00387 e. The fourth-order valence-corrected chi connectivity index (χ4v) is 3.42. The molecule has 2 saturated heterocycles. The fraction of sp³-hybridized carbons (Fsp3) is 1.00. The molecular formula is C15H30N2. The van der Waals surface area contributed by atoms with E-state index < -0.39 is 0 Å². The summed E-state index contributed by atoms with van der Waals surface area (Å²) < 4.78 is 0. The van der Waals surface area contributed by atoms with E-state index in [1.807, 2.05) is 0 Å². The molecule has 0 radical (unpaired) electrons. The van der Waals surface area contributed by atoms with Gasteiger partial charge in [-0.2, -0.15) is 0 Å². The Labute approximate surface area is 107 Å². The van der Waals surface area contributed by atoms with Gasteiger partial charge in [-0.15, -0.1) is 0 Å². The summed E-state index contributed by atoms with van der Waals surface area (Å²) in [6.45, 7) is 13.7. The minimum atomic E-state index is 0.742. The molecule has 0 aromatic rings. The monoisotopic (exact) mass is 238 g/mol. The van der Waals surface area contributed by atoms with Crippen LogP contribution in [-0.4, -0.2) is 48.6 Å².